The fraction of sp³-hybridized carbons (Fsp3) is 0.316. The molecule has 0 aromatic heterocycles. The lowest BCUT2D eigenvalue weighted by Crippen LogP contribution is -2.54. The minimum absolute atomic E-state index is 0.141. The quantitative estimate of drug-likeness (QED) is 0.627. The van der Waals surface area contributed by atoms with E-state index >= 15 is 0 Å². The fourth-order valence-corrected chi connectivity index (χ4v) is 3.43. The van der Waals surface area contributed by atoms with E-state index < -0.39 is 0 Å². The average Bonchev–Trinajstić information content (AvgIpc) is 2.62. The summed E-state index contributed by atoms with van der Waals surface area (Å²) < 4.78 is 14.5. The predicted octanol–water partition coefficient (Wildman–Crippen LogP) is 3.63. The molecule has 1 atom stereocenters. The van der Waals surface area contributed by atoms with Crippen LogP contribution < -0.4 is 4.90 Å². The molecule has 3 nitrogen and oxygen atoms in total. The molecule has 1 heterocycles. The van der Waals surface area contributed by atoms with Gasteiger partial charge in [0.2, 0.25) is 0 Å². The van der Waals surface area contributed by atoms with Gasteiger partial charge in [-0.3, -0.25) is 4.90 Å². The Hall–Kier alpha value is -2.09. The van der Waals surface area contributed by atoms with Crippen LogP contribution in [0.15, 0.2) is 48.5 Å². The zero-order valence-electron chi connectivity index (χ0n) is 13.3. The number of piperazine rings is 1. The van der Waals surface area contributed by atoms with Gasteiger partial charge in [0.15, 0.2) is 0 Å². The highest BCUT2D eigenvalue weighted by Gasteiger charge is 2.28. The number of hydrogen-bond donors (Lipinski definition) is 0. The number of rotatable bonds is 4. The zero-order valence-corrected chi connectivity index (χ0v) is 14.1. The molecule has 1 saturated heterocycles. The van der Waals surface area contributed by atoms with E-state index in [1.807, 2.05) is 24.3 Å². The van der Waals surface area contributed by atoms with Gasteiger partial charge in [0.25, 0.3) is 0 Å². The van der Waals surface area contributed by atoms with Gasteiger partial charge in [-0.25, -0.2) is 4.39 Å². The highest BCUT2D eigenvalue weighted by Crippen LogP contribution is 2.26. The maximum atomic E-state index is 14.5. The Morgan fingerprint density at radius 1 is 1.17 bits per heavy atom. The van der Waals surface area contributed by atoms with Crippen LogP contribution in [0.1, 0.15) is 11.1 Å². The monoisotopic (exact) mass is 343 g/mol. The Morgan fingerprint density at radius 3 is 2.62 bits per heavy atom. The topological polar surface area (TPSA) is 30.3 Å². The number of nitrogens with zero attached hydrogens (tertiary/aromatic N) is 3. The van der Waals surface area contributed by atoms with Crippen molar-refractivity contribution in [3.63, 3.8) is 0 Å². The summed E-state index contributed by atoms with van der Waals surface area (Å²) in [5.74, 6) is -0.341. The minimum Gasteiger partial charge on any atom is -0.363 e. The predicted molar refractivity (Wildman–Crippen MR) is 94.7 cm³/mol. The minimum atomic E-state index is -0.341. The summed E-state index contributed by atoms with van der Waals surface area (Å²) in [4.78, 5) is 4.28. The number of anilines is 1. The van der Waals surface area contributed by atoms with Crippen LogP contribution in [0.3, 0.4) is 0 Å². The third-order valence-electron chi connectivity index (χ3n) is 4.44. The van der Waals surface area contributed by atoms with Gasteiger partial charge >= 0.3 is 0 Å². The lowest BCUT2D eigenvalue weighted by Gasteiger charge is -2.42. The Morgan fingerprint density at radius 2 is 1.96 bits per heavy atom. The third kappa shape index (κ3) is 3.69. The molecule has 24 heavy (non-hydrogen) atoms. The van der Waals surface area contributed by atoms with Gasteiger partial charge in [-0.1, -0.05) is 30.3 Å². The molecular formula is C19H19ClFN3. The lowest BCUT2D eigenvalue weighted by molar-refractivity contribution is 0.253. The second kappa shape index (κ2) is 7.65. The van der Waals surface area contributed by atoms with Crippen molar-refractivity contribution in [1.82, 2.24) is 4.90 Å². The Bertz CT molecular complexity index is 729. The maximum Gasteiger partial charge on any atom is 0.147 e. The van der Waals surface area contributed by atoms with Gasteiger partial charge in [0.1, 0.15) is 5.82 Å². The molecule has 0 bridgehead atoms. The summed E-state index contributed by atoms with van der Waals surface area (Å²) in [6.07, 6.45) is 0.827. The standard InChI is InChI=1S/C19H19ClFN3/c20-14-23-8-9-24(19-7-6-16(12-22)11-18(19)21)17(13-23)10-15-4-2-1-3-5-15/h1-7,11,17H,8-10,13-14H2. The van der Waals surface area contributed by atoms with Crippen LogP contribution in [-0.2, 0) is 6.42 Å². The molecule has 1 fully saturated rings. The van der Waals surface area contributed by atoms with Gasteiger partial charge < -0.3 is 4.90 Å². The van der Waals surface area contributed by atoms with E-state index in [1.54, 1.807) is 12.1 Å². The first-order chi connectivity index (χ1) is 11.7. The first kappa shape index (κ1) is 16.8. The van der Waals surface area contributed by atoms with E-state index in [0.717, 1.165) is 19.5 Å². The molecule has 1 aliphatic rings. The van der Waals surface area contributed by atoms with Crippen molar-refractivity contribution < 1.29 is 4.39 Å². The molecule has 2 aromatic carbocycles. The molecule has 2 aromatic rings. The van der Waals surface area contributed by atoms with Gasteiger partial charge in [0, 0.05) is 25.7 Å². The van der Waals surface area contributed by atoms with Crippen LogP contribution in [0.2, 0.25) is 0 Å². The van der Waals surface area contributed by atoms with Crippen molar-refractivity contribution in [2.45, 2.75) is 12.5 Å². The van der Waals surface area contributed by atoms with E-state index in [2.05, 4.69) is 21.9 Å². The van der Waals surface area contributed by atoms with Crippen LogP contribution in [0, 0.1) is 17.1 Å². The summed E-state index contributed by atoms with van der Waals surface area (Å²) >= 11 is 6.01. The lowest BCUT2D eigenvalue weighted by atomic mass is 10.0. The van der Waals surface area contributed by atoms with Crippen molar-refractivity contribution in [3.8, 4) is 6.07 Å². The van der Waals surface area contributed by atoms with E-state index in [0.29, 0.717) is 23.8 Å². The third-order valence-corrected chi connectivity index (χ3v) is 4.77. The first-order valence-corrected chi connectivity index (χ1v) is 8.53. The largest absolute Gasteiger partial charge is 0.363 e. The van der Waals surface area contributed by atoms with Gasteiger partial charge in [-0.2, -0.15) is 5.26 Å². The summed E-state index contributed by atoms with van der Waals surface area (Å²) in [7, 11) is 0. The Balaban J connectivity index is 1.87. The highest BCUT2D eigenvalue weighted by molar-refractivity contribution is 6.17. The van der Waals surface area contributed by atoms with Crippen molar-refractivity contribution in [2.24, 2.45) is 0 Å². The molecule has 1 aliphatic heterocycles. The molecule has 0 saturated carbocycles. The van der Waals surface area contributed by atoms with E-state index in [-0.39, 0.29) is 11.9 Å². The molecule has 0 spiro atoms. The first-order valence-electron chi connectivity index (χ1n) is 8.00. The average molecular weight is 344 g/mol. The van der Waals surface area contributed by atoms with Crippen LogP contribution in [0.25, 0.3) is 0 Å². The van der Waals surface area contributed by atoms with Crippen LogP contribution in [0.4, 0.5) is 10.1 Å². The van der Waals surface area contributed by atoms with Crippen molar-refractivity contribution >= 4 is 17.3 Å². The molecule has 1 unspecified atom stereocenters. The molecule has 3 rings (SSSR count). The second-order valence-corrected chi connectivity index (χ2v) is 6.25. The molecule has 5 heteroatoms. The fourth-order valence-electron chi connectivity index (χ4n) is 3.22. The Labute approximate surface area is 146 Å². The highest BCUT2D eigenvalue weighted by atomic mass is 35.5. The second-order valence-electron chi connectivity index (χ2n) is 6.01. The normalized spacial score (nSPS) is 18.4. The van der Waals surface area contributed by atoms with Crippen molar-refractivity contribution in [3.05, 3.63) is 65.5 Å². The number of nitriles is 1. The van der Waals surface area contributed by atoms with E-state index in [9.17, 15) is 4.39 Å². The van der Waals surface area contributed by atoms with Gasteiger partial charge in [0.05, 0.1) is 23.3 Å². The number of halogens is 2. The van der Waals surface area contributed by atoms with Crippen LogP contribution in [0.5, 0.6) is 0 Å². The summed E-state index contributed by atoms with van der Waals surface area (Å²) in [6, 6.07) is 17.5. The number of hydrogen-bond acceptors (Lipinski definition) is 3. The number of alkyl halides is 1. The van der Waals surface area contributed by atoms with E-state index in [1.165, 1.54) is 11.6 Å². The van der Waals surface area contributed by atoms with Crippen LogP contribution in [-0.4, -0.2) is 36.6 Å². The summed E-state index contributed by atoms with van der Waals surface area (Å²) in [5, 5.41) is 8.93. The number of benzene rings is 2. The maximum absolute atomic E-state index is 14.5. The zero-order chi connectivity index (χ0) is 16.9. The molecule has 0 aliphatic carbocycles. The molecule has 124 valence electrons. The Kier molecular flexibility index (Phi) is 5.34. The molecular weight excluding hydrogens is 325 g/mol. The molecule has 0 N–H and O–H groups in total. The molecule has 0 radical (unpaired) electrons. The van der Waals surface area contributed by atoms with E-state index in [4.69, 9.17) is 16.9 Å². The SMILES string of the molecule is N#Cc1ccc(N2CCN(CCl)CC2Cc2ccccc2)c(F)c1. The van der Waals surface area contributed by atoms with Crippen molar-refractivity contribution in [2.75, 3.05) is 30.5 Å². The smallest absolute Gasteiger partial charge is 0.147 e. The van der Waals surface area contributed by atoms with Gasteiger partial charge in [-0.05, 0) is 30.2 Å². The van der Waals surface area contributed by atoms with Crippen LogP contribution >= 0.6 is 11.6 Å². The van der Waals surface area contributed by atoms with Gasteiger partial charge in [-0.15, -0.1) is 11.6 Å². The summed E-state index contributed by atoms with van der Waals surface area (Å²) in [5.41, 5.74) is 2.12. The molecule has 0 amide bonds. The van der Waals surface area contributed by atoms with Crippen molar-refractivity contribution in [1.29, 1.82) is 5.26 Å². The summed E-state index contributed by atoms with van der Waals surface area (Å²) in [6.45, 7) is 2.30.